The lowest BCUT2D eigenvalue weighted by atomic mass is 10.1. The molecule has 0 aliphatic carbocycles. The number of carbonyl (C=O) groups excluding carboxylic acids is 2. The standard InChI is InChI=1S/C35H45NO6/c1-35(2,3)42-34(38)36-32(26-28-16-10-8-11-17-28)33(37)40-25-15-7-5-4-6-14-24-39-30-20-22-31(23-21-30)41-27-29-18-12-9-13-19-29/h8-13,16-23,32H,4-7,14-15,24-27H2,1-3H3,(H,36,38)/t32-/m0/s1. The summed E-state index contributed by atoms with van der Waals surface area (Å²) >= 11 is 0. The molecule has 226 valence electrons. The second kappa shape index (κ2) is 17.7. The normalized spacial score (nSPS) is 11.8. The van der Waals surface area contributed by atoms with Crippen LogP contribution in [0.25, 0.3) is 0 Å². The number of hydrogen-bond donors (Lipinski definition) is 1. The largest absolute Gasteiger partial charge is 0.494 e. The molecule has 0 unspecified atom stereocenters. The number of rotatable bonds is 17. The highest BCUT2D eigenvalue weighted by Gasteiger charge is 2.25. The van der Waals surface area contributed by atoms with Crippen molar-refractivity contribution in [3.05, 3.63) is 96.1 Å². The molecule has 3 rings (SSSR count). The highest BCUT2D eigenvalue weighted by atomic mass is 16.6. The maximum atomic E-state index is 12.8. The van der Waals surface area contributed by atoms with Crippen LogP contribution >= 0.6 is 0 Å². The SMILES string of the molecule is CC(C)(C)OC(=O)N[C@@H](Cc1ccccc1)C(=O)OCCCCCCCCOc1ccc(OCc2ccccc2)cc1. The molecule has 7 heteroatoms. The summed E-state index contributed by atoms with van der Waals surface area (Å²) in [5.41, 5.74) is 1.42. The number of hydrogen-bond acceptors (Lipinski definition) is 6. The van der Waals surface area contributed by atoms with Gasteiger partial charge in [-0.1, -0.05) is 86.3 Å². The van der Waals surface area contributed by atoms with Crippen molar-refractivity contribution in [1.29, 1.82) is 0 Å². The van der Waals surface area contributed by atoms with Crippen LogP contribution in [0.3, 0.4) is 0 Å². The van der Waals surface area contributed by atoms with Gasteiger partial charge in [0.2, 0.25) is 0 Å². The van der Waals surface area contributed by atoms with Crippen molar-refractivity contribution in [3.8, 4) is 11.5 Å². The first-order valence-electron chi connectivity index (χ1n) is 14.9. The lowest BCUT2D eigenvalue weighted by Crippen LogP contribution is -2.45. The molecule has 0 fully saturated rings. The number of esters is 1. The topological polar surface area (TPSA) is 83.1 Å². The van der Waals surface area contributed by atoms with Crippen LogP contribution in [0, 0.1) is 0 Å². The van der Waals surface area contributed by atoms with E-state index >= 15 is 0 Å². The average Bonchev–Trinajstić information content (AvgIpc) is 2.97. The van der Waals surface area contributed by atoms with Crippen LogP contribution in [0.1, 0.15) is 70.4 Å². The molecule has 3 aromatic carbocycles. The number of carbonyl (C=O) groups is 2. The Bertz CT molecular complexity index is 1180. The highest BCUT2D eigenvalue weighted by molar-refractivity contribution is 5.81. The molecular weight excluding hydrogens is 530 g/mol. The van der Waals surface area contributed by atoms with Crippen LogP contribution in [-0.4, -0.2) is 36.9 Å². The average molecular weight is 576 g/mol. The Morgan fingerprint density at radius 2 is 1.19 bits per heavy atom. The molecule has 0 saturated carbocycles. The fourth-order valence-corrected chi connectivity index (χ4v) is 4.24. The summed E-state index contributed by atoms with van der Waals surface area (Å²) in [6, 6.07) is 26.6. The fraction of sp³-hybridized carbons (Fsp3) is 0.429. The van der Waals surface area contributed by atoms with E-state index in [1.54, 1.807) is 20.8 Å². The van der Waals surface area contributed by atoms with Gasteiger partial charge in [-0.05, 0) is 69.0 Å². The molecule has 0 aliphatic rings. The van der Waals surface area contributed by atoms with E-state index in [9.17, 15) is 9.59 Å². The second-order valence-electron chi connectivity index (χ2n) is 11.3. The molecule has 42 heavy (non-hydrogen) atoms. The van der Waals surface area contributed by atoms with Gasteiger partial charge in [0.15, 0.2) is 0 Å². The molecule has 0 aliphatic heterocycles. The molecule has 1 amide bonds. The number of nitrogens with one attached hydrogen (secondary N) is 1. The predicted molar refractivity (Wildman–Crippen MR) is 165 cm³/mol. The van der Waals surface area contributed by atoms with E-state index in [4.69, 9.17) is 18.9 Å². The van der Waals surface area contributed by atoms with E-state index in [0.717, 1.165) is 61.2 Å². The molecule has 0 bridgehead atoms. The molecule has 1 N–H and O–H groups in total. The van der Waals surface area contributed by atoms with Gasteiger partial charge < -0.3 is 24.3 Å². The van der Waals surface area contributed by atoms with Crippen LogP contribution in [0.15, 0.2) is 84.9 Å². The molecule has 3 aromatic rings. The van der Waals surface area contributed by atoms with Gasteiger partial charge in [0.1, 0.15) is 29.7 Å². The first-order chi connectivity index (χ1) is 20.3. The van der Waals surface area contributed by atoms with Gasteiger partial charge in [0.05, 0.1) is 13.2 Å². The number of unbranched alkanes of at least 4 members (excludes halogenated alkanes) is 5. The van der Waals surface area contributed by atoms with Gasteiger partial charge >= 0.3 is 12.1 Å². The Hall–Kier alpha value is -4.00. The van der Waals surface area contributed by atoms with E-state index in [1.807, 2.05) is 84.9 Å². The molecule has 0 heterocycles. The Morgan fingerprint density at radius 3 is 1.79 bits per heavy atom. The van der Waals surface area contributed by atoms with Gasteiger partial charge in [0, 0.05) is 6.42 Å². The third kappa shape index (κ3) is 13.6. The van der Waals surface area contributed by atoms with Crippen molar-refractivity contribution in [1.82, 2.24) is 5.32 Å². The van der Waals surface area contributed by atoms with Crippen molar-refractivity contribution in [3.63, 3.8) is 0 Å². The van der Waals surface area contributed by atoms with Crippen LogP contribution < -0.4 is 14.8 Å². The number of benzene rings is 3. The molecule has 7 nitrogen and oxygen atoms in total. The molecular formula is C35H45NO6. The predicted octanol–water partition coefficient (Wildman–Crippen LogP) is 7.66. The Morgan fingerprint density at radius 1 is 0.667 bits per heavy atom. The summed E-state index contributed by atoms with van der Waals surface area (Å²) in [5, 5.41) is 2.68. The Balaban J connectivity index is 1.24. The lowest BCUT2D eigenvalue weighted by molar-refractivity contribution is -0.146. The zero-order valence-corrected chi connectivity index (χ0v) is 25.2. The lowest BCUT2D eigenvalue weighted by Gasteiger charge is -2.23. The van der Waals surface area contributed by atoms with Crippen molar-refractivity contribution in [2.45, 2.75) is 84.0 Å². The number of alkyl carbamates (subject to hydrolysis) is 1. The summed E-state index contributed by atoms with van der Waals surface area (Å²) in [5.74, 6) is 1.22. The zero-order valence-electron chi connectivity index (χ0n) is 25.2. The van der Waals surface area contributed by atoms with E-state index in [2.05, 4.69) is 5.32 Å². The Labute approximate surface area is 250 Å². The van der Waals surface area contributed by atoms with E-state index in [0.29, 0.717) is 26.2 Å². The highest BCUT2D eigenvalue weighted by Crippen LogP contribution is 2.19. The van der Waals surface area contributed by atoms with Gasteiger partial charge in [-0.25, -0.2) is 9.59 Å². The Kier molecular flexibility index (Phi) is 13.7. The monoisotopic (exact) mass is 575 g/mol. The zero-order chi connectivity index (χ0) is 30.0. The van der Waals surface area contributed by atoms with Gasteiger partial charge in [-0.2, -0.15) is 0 Å². The molecule has 0 spiro atoms. The van der Waals surface area contributed by atoms with Crippen LogP contribution in [0.5, 0.6) is 11.5 Å². The van der Waals surface area contributed by atoms with E-state index < -0.39 is 23.7 Å². The first kappa shape index (κ1) is 32.5. The molecule has 0 radical (unpaired) electrons. The maximum Gasteiger partial charge on any atom is 0.408 e. The summed E-state index contributed by atoms with van der Waals surface area (Å²) < 4.78 is 22.5. The van der Waals surface area contributed by atoms with Crippen molar-refractivity contribution in [2.75, 3.05) is 13.2 Å². The number of amides is 1. The minimum Gasteiger partial charge on any atom is -0.494 e. The summed E-state index contributed by atoms with van der Waals surface area (Å²) in [6.07, 6.45) is 5.69. The first-order valence-corrected chi connectivity index (χ1v) is 14.9. The maximum absolute atomic E-state index is 12.8. The smallest absolute Gasteiger partial charge is 0.408 e. The summed E-state index contributed by atoms with van der Waals surface area (Å²) in [6.45, 7) is 6.90. The quantitative estimate of drug-likeness (QED) is 0.131. The summed E-state index contributed by atoms with van der Waals surface area (Å²) in [4.78, 5) is 25.1. The number of ether oxygens (including phenoxy) is 4. The van der Waals surface area contributed by atoms with Gasteiger partial charge in [-0.3, -0.25) is 0 Å². The van der Waals surface area contributed by atoms with E-state index in [-0.39, 0.29) is 0 Å². The van der Waals surface area contributed by atoms with E-state index in [1.165, 1.54) is 0 Å². The van der Waals surface area contributed by atoms with Gasteiger partial charge in [0.25, 0.3) is 0 Å². The van der Waals surface area contributed by atoms with Gasteiger partial charge in [-0.15, -0.1) is 0 Å². The second-order valence-corrected chi connectivity index (χ2v) is 11.3. The summed E-state index contributed by atoms with van der Waals surface area (Å²) in [7, 11) is 0. The fourth-order valence-electron chi connectivity index (χ4n) is 4.24. The van der Waals surface area contributed by atoms with Crippen LogP contribution in [-0.2, 0) is 27.3 Å². The molecule has 0 aromatic heterocycles. The van der Waals surface area contributed by atoms with Crippen LogP contribution in [0.2, 0.25) is 0 Å². The van der Waals surface area contributed by atoms with Crippen molar-refractivity contribution in [2.24, 2.45) is 0 Å². The molecule has 0 saturated heterocycles. The minimum absolute atomic E-state index is 0.328. The molecule has 1 atom stereocenters. The van der Waals surface area contributed by atoms with Crippen LogP contribution in [0.4, 0.5) is 4.79 Å². The third-order valence-electron chi connectivity index (χ3n) is 6.38. The minimum atomic E-state index is -0.805. The third-order valence-corrected chi connectivity index (χ3v) is 6.38. The van der Waals surface area contributed by atoms with Crippen molar-refractivity contribution >= 4 is 12.1 Å². The van der Waals surface area contributed by atoms with Crippen molar-refractivity contribution < 1.29 is 28.5 Å².